The van der Waals surface area contributed by atoms with E-state index in [1.165, 1.54) is 12.3 Å². The summed E-state index contributed by atoms with van der Waals surface area (Å²) in [4.78, 5) is 8.43. The van der Waals surface area contributed by atoms with Crippen LogP contribution in [0, 0.1) is 13.8 Å². The topological polar surface area (TPSA) is 116 Å². The van der Waals surface area contributed by atoms with Crippen molar-refractivity contribution in [3.63, 3.8) is 0 Å². The molecule has 200 valence electrons. The second-order valence-corrected chi connectivity index (χ2v) is 10.3. The molecular weight excluding hydrogens is 533 g/mol. The van der Waals surface area contributed by atoms with Gasteiger partial charge in [0.05, 0.1) is 17.1 Å². The average molecular weight is 555 g/mol. The molecule has 0 spiro atoms. The molecule has 0 aliphatic heterocycles. The van der Waals surface area contributed by atoms with Gasteiger partial charge in [-0.25, -0.2) is 23.1 Å². The van der Waals surface area contributed by atoms with Gasteiger partial charge in [-0.15, -0.1) is 0 Å². The molecule has 13 heteroatoms. The van der Waals surface area contributed by atoms with Gasteiger partial charge in [0.25, 0.3) is 10.0 Å². The van der Waals surface area contributed by atoms with Gasteiger partial charge >= 0.3 is 6.18 Å². The molecule has 0 saturated heterocycles. The van der Waals surface area contributed by atoms with Crippen LogP contribution in [-0.2, 0) is 22.7 Å². The second kappa shape index (κ2) is 9.98. The Bertz CT molecular complexity index is 1750. The molecule has 1 N–H and O–H groups in total. The summed E-state index contributed by atoms with van der Waals surface area (Å²) in [7, 11) is -4.15. The van der Waals surface area contributed by atoms with Crippen molar-refractivity contribution in [1.29, 1.82) is 0 Å². The lowest BCUT2D eigenvalue weighted by Gasteiger charge is -2.16. The third-order valence-corrected chi connectivity index (χ3v) is 7.43. The van der Waals surface area contributed by atoms with Crippen LogP contribution in [0.4, 0.5) is 19.1 Å². The summed E-state index contributed by atoms with van der Waals surface area (Å²) >= 11 is 0. The number of sulfonamides is 1. The molecule has 39 heavy (non-hydrogen) atoms. The van der Waals surface area contributed by atoms with E-state index in [0.717, 1.165) is 10.7 Å². The van der Waals surface area contributed by atoms with Crippen molar-refractivity contribution in [3.05, 3.63) is 95.7 Å². The number of halogens is 3. The smallest absolute Gasteiger partial charge is 0.337 e. The highest BCUT2D eigenvalue weighted by Crippen LogP contribution is 2.34. The second-order valence-electron chi connectivity index (χ2n) is 8.66. The number of alkyl halides is 3. The van der Waals surface area contributed by atoms with Crippen molar-refractivity contribution in [2.45, 2.75) is 31.5 Å². The molecule has 0 amide bonds. The average Bonchev–Trinajstić information content (AvgIpc) is 3.51. The first-order chi connectivity index (χ1) is 18.5. The van der Waals surface area contributed by atoms with Crippen LogP contribution in [0.2, 0.25) is 0 Å². The van der Waals surface area contributed by atoms with Crippen LogP contribution in [-0.4, -0.2) is 33.3 Å². The normalized spacial score (nSPS) is 12.0. The monoisotopic (exact) mass is 554 g/mol. The van der Waals surface area contributed by atoms with E-state index in [0.29, 0.717) is 39.3 Å². The molecule has 3 aromatic heterocycles. The molecule has 0 saturated carbocycles. The molecule has 2 aromatic carbocycles. The number of aryl methyl sites for hydroxylation is 1. The highest BCUT2D eigenvalue weighted by molar-refractivity contribution is 7.92. The van der Waals surface area contributed by atoms with Gasteiger partial charge in [0.1, 0.15) is 0 Å². The van der Waals surface area contributed by atoms with E-state index < -0.39 is 21.9 Å². The highest BCUT2D eigenvalue weighted by Gasteiger charge is 2.33. The highest BCUT2D eigenvalue weighted by atomic mass is 32.2. The molecule has 5 aromatic rings. The number of nitrogens with zero attached hydrogens (tertiary/aromatic N) is 5. The molecular formula is C26H21F3N6O3S. The first kappa shape index (κ1) is 26.1. The van der Waals surface area contributed by atoms with Gasteiger partial charge in [-0.3, -0.25) is 4.68 Å². The molecule has 5 rings (SSSR count). The van der Waals surface area contributed by atoms with Crippen molar-refractivity contribution in [2.75, 3.05) is 4.72 Å². The van der Waals surface area contributed by atoms with Gasteiger partial charge < -0.3 is 4.52 Å². The van der Waals surface area contributed by atoms with Gasteiger partial charge in [0, 0.05) is 35.3 Å². The van der Waals surface area contributed by atoms with Crippen LogP contribution in [0.15, 0.2) is 82.6 Å². The minimum atomic E-state index is -4.60. The van der Waals surface area contributed by atoms with Crippen LogP contribution in [0.25, 0.3) is 22.5 Å². The van der Waals surface area contributed by atoms with Gasteiger partial charge in [-0.2, -0.15) is 18.3 Å². The number of anilines is 1. The van der Waals surface area contributed by atoms with E-state index in [4.69, 9.17) is 4.52 Å². The first-order valence-electron chi connectivity index (χ1n) is 11.6. The molecule has 9 nitrogen and oxygen atoms in total. The van der Waals surface area contributed by atoms with Gasteiger partial charge in [-0.1, -0.05) is 35.5 Å². The van der Waals surface area contributed by atoms with Gasteiger partial charge in [0.15, 0.2) is 11.5 Å². The fourth-order valence-electron chi connectivity index (χ4n) is 3.96. The maximum atomic E-state index is 13.5. The van der Waals surface area contributed by atoms with Gasteiger partial charge in [0.2, 0.25) is 5.88 Å². The molecule has 0 atom stereocenters. The first-order valence-corrected chi connectivity index (χ1v) is 13.1. The standard InChI is InChI=1S/C26H21F3N6O3S/c1-16-17(2)33-38-25(16)34-39(36,37)22-7-4-3-6-21(22)20-9-8-18(24-30-11-5-12-31-24)14-19(20)15-35-13-10-23(32-35)26(27,28)29/h3-14,34H,15H2,1-2H3. The van der Waals surface area contributed by atoms with Crippen LogP contribution in [0.5, 0.6) is 0 Å². The van der Waals surface area contributed by atoms with Crippen molar-refractivity contribution < 1.29 is 26.1 Å². The van der Waals surface area contributed by atoms with Crippen LogP contribution >= 0.6 is 0 Å². The molecule has 0 aliphatic carbocycles. The zero-order chi connectivity index (χ0) is 27.8. The van der Waals surface area contributed by atoms with Gasteiger partial charge in [-0.05, 0) is 49.2 Å². The molecule has 0 fully saturated rings. The minimum Gasteiger partial charge on any atom is -0.337 e. The molecule has 0 aliphatic rings. The van der Waals surface area contributed by atoms with Crippen molar-refractivity contribution in [3.8, 4) is 22.5 Å². The van der Waals surface area contributed by atoms with E-state index in [9.17, 15) is 21.6 Å². The Morgan fingerprint density at radius 1 is 0.974 bits per heavy atom. The predicted molar refractivity (Wildman–Crippen MR) is 136 cm³/mol. The molecule has 0 bridgehead atoms. The zero-order valence-electron chi connectivity index (χ0n) is 20.6. The summed E-state index contributed by atoms with van der Waals surface area (Å²) in [6, 6.07) is 14.0. The van der Waals surface area contributed by atoms with E-state index in [1.54, 1.807) is 68.7 Å². The maximum Gasteiger partial charge on any atom is 0.435 e. The van der Waals surface area contributed by atoms with Crippen molar-refractivity contribution in [1.82, 2.24) is 24.9 Å². The van der Waals surface area contributed by atoms with Crippen molar-refractivity contribution in [2.24, 2.45) is 0 Å². The van der Waals surface area contributed by atoms with E-state index in [-0.39, 0.29) is 17.3 Å². The molecule has 3 heterocycles. The lowest BCUT2D eigenvalue weighted by molar-refractivity contribution is -0.141. The lowest BCUT2D eigenvalue weighted by Crippen LogP contribution is -2.15. The lowest BCUT2D eigenvalue weighted by atomic mass is 9.97. The third kappa shape index (κ3) is 5.39. The fourth-order valence-corrected chi connectivity index (χ4v) is 5.23. The fraction of sp³-hybridized carbons (Fsp3) is 0.154. The third-order valence-electron chi connectivity index (χ3n) is 6.04. The largest absolute Gasteiger partial charge is 0.435 e. The van der Waals surface area contributed by atoms with Crippen molar-refractivity contribution >= 4 is 15.9 Å². The summed E-state index contributed by atoms with van der Waals surface area (Å²) in [5.41, 5.74) is 1.97. The summed E-state index contributed by atoms with van der Waals surface area (Å²) in [6.45, 7) is 3.29. The van der Waals surface area contributed by atoms with E-state index in [1.807, 2.05) is 0 Å². The maximum absolute atomic E-state index is 13.5. The number of nitrogens with one attached hydrogen (secondary N) is 1. The summed E-state index contributed by atoms with van der Waals surface area (Å²) in [5, 5.41) is 7.45. The summed E-state index contributed by atoms with van der Waals surface area (Å²) in [5.74, 6) is 0.399. The Labute approximate surface area is 221 Å². The molecule has 0 radical (unpaired) electrons. The Morgan fingerprint density at radius 2 is 1.72 bits per heavy atom. The predicted octanol–water partition coefficient (Wildman–Crippen LogP) is 5.48. The quantitative estimate of drug-likeness (QED) is 0.283. The zero-order valence-corrected chi connectivity index (χ0v) is 21.5. The number of benzene rings is 2. The Hall–Kier alpha value is -4.52. The Morgan fingerprint density at radius 3 is 2.38 bits per heavy atom. The SMILES string of the molecule is Cc1noc(NS(=O)(=O)c2ccccc2-c2ccc(-c3ncccn3)cc2Cn2ccc(C(F)(F)F)n2)c1C. The number of hydrogen-bond acceptors (Lipinski definition) is 7. The minimum absolute atomic E-state index is 0.00433. The van der Waals surface area contributed by atoms with Crippen LogP contribution in [0.3, 0.4) is 0 Å². The Balaban J connectivity index is 1.62. The summed E-state index contributed by atoms with van der Waals surface area (Å²) in [6.07, 6.45) is -0.242. The van der Waals surface area contributed by atoms with Crippen LogP contribution in [0.1, 0.15) is 22.5 Å². The Kier molecular flexibility index (Phi) is 6.68. The number of aromatic nitrogens is 5. The number of hydrogen-bond donors (Lipinski definition) is 1. The summed E-state index contributed by atoms with van der Waals surface area (Å²) < 4.78 is 75.2. The number of rotatable bonds is 7. The van der Waals surface area contributed by atoms with Crippen LogP contribution < -0.4 is 4.72 Å². The molecule has 0 unspecified atom stereocenters. The van der Waals surface area contributed by atoms with E-state index in [2.05, 4.69) is 24.9 Å². The van der Waals surface area contributed by atoms with E-state index >= 15 is 0 Å².